The van der Waals surface area contributed by atoms with Gasteiger partial charge in [0.05, 0.1) is 12.3 Å². The Balaban J connectivity index is 1.53. The van der Waals surface area contributed by atoms with Crippen molar-refractivity contribution in [1.29, 1.82) is 0 Å². The number of nitrogens with zero attached hydrogens (tertiary/aromatic N) is 3. The van der Waals surface area contributed by atoms with Gasteiger partial charge in [-0.25, -0.2) is 4.98 Å². The Bertz CT molecular complexity index is 927. The van der Waals surface area contributed by atoms with Crippen molar-refractivity contribution in [1.82, 2.24) is 14.9 Å². The molecule has 29 heavy (non-hydrogen) atoms. The summed E-state index contributed by atoms with van der Waals surface area (Å²) in [6.45, 7) is 7.74. The third-order valence-corrected chi connectivity index (χ3v) is 5.95. The molecular weight excluding hydrogens is 368 g/mol. The van der Waals surface area contributed by atoms with Crippen LogP contribution in [0, 0.1) is 0 Å². The van der Waals surface area contributed by atoms with Crippen LogP contribution in [0.25, 0.3) is 0 Å². The van der Waals surface area contributed by atoms with E-state index in [0.29, 0.717) is 37.3 Å². The van der Waals surface area contributed by atoms with Gasteiger partial charge in [0, 0.05) is 37.8 Å². The summed E-state index contributed by atoms with van der Waals surface area (Å²) in [6.07, 6.45) is 4.21. The second-order valence-electron chi connectivity index (χ2n) is 8.05. The number of aromatic nitrogens is 2. The second kappa shape index (κ2) is 8.45. The first kappa shape index (κ1) is 19.8. The zero-order chi connectivity index (χ0) is 20.4. The van der Waals surface area contributed by atoms with E-state index < -0.39 is 0 Å². The summed E-state index contributed by atoms with van der Waals surface area (Å²) >= 11 is 0. The molecule has 156 valence electrons. The normalized spacial score (nSPS) is 19.8. The van der Waals surface area contributed by atoms with Gasteiger partial charge < -0.3 is 14.7 Å². The number of aromatic hydroxyl groups is 1. The quantitative estimate of drug-likeness (QED) is 0.806. The molecule has 0 bridgehead atoms. The van der Waals surface area contributed by atoms with E-state index in [0.717, 1.165) is 49.3 Å². The van der Waals surface area contributed by atoms with Gasteiger partial charge in [-0.1, -0.05) is 6.07 Å². The second-order valence-corrected chi connectivity index (χ2v) is 8.05. The predicted octanol–water partition coefficient (Wildman–Crippen LogP) is 2.81. The average Bonchev–Trinajstić information content (AvgIpc) is 2.71. The fraction of sp³-hybridized carbons (Fsp3) is 0.545. The molecule has 1 atom stereocenters. The highest BCUT2D eigenvalue weighted by Gasteiger charge is 2.25. The number of anilines is 1. The largest absolute Gasteiger partial charge is 0.504 e. The maximum atomic E-state index is 12.7. The molecule has 1 saturated heterocycles. The van der Waals surface area contributed by atoms with Gasteiger partial charge in [0.15, 0.2) is 11.5 Å². The van der Waals surface area contributed by atoms with Crippen molar-refractivity contribution >= 4 is 5.95 Å². The van der Waals surface area contributed by atoms with Crippen LogP contribution in [0.1, 0.15) is 49.9 Å². The summed E-state index contributed by atoms with van der Waals surface area (Å²) in [7, 11) is 0. The molecule has 2 N–H and O–H groups in total. The van der Waals surface area contributed by atoms with Crippen LogP contribution in [-0.4, -0.2) is 45.7 Å². The van der Waals surface area contributed by atoms with Gasteiger partial charge in [0.1, 0.15) is 0 Å². The van der Waals surface area contributed by atoms with Crippen LogP contribution in [0.3, 0.4) is 0 Å². The maximum Gasteiger partial charge on any atom is 0.255 e. The number of ether oxygens (including phenoxy) is 1. The minimum atomic E-state index is 0.00527. The van der Waals surface area contributed by atoms with Gasteiger partial charge in [-0.3, -0.25) is 14.7 Å². The fourth-order valence-electron chi connectivity index (χ4n) is 4.35. The van der Waals surface area contributed by atoms with Gasteiger partial charge in [0.2, 0.25) is 5.95 Å². The van der Waals surface area contributed by atoms with Gasteiger partial charge in [-0.15, -0.1) is 0 Å². The molecule has 0 radical (unpaired) electrons. The Hall–Kier alpha value is -2.54. The van der Waals surface area contributed by atoms with Gasteiger partial charge in [-0.05, 0) is 57.2 Å². The van der Waals surface area contributed by atoms with Crippen molar-refractivity contribution in [2.75, 3.05) is 24.6 Å². The molecule has 0 spiro atoms. The molecule has 4 rings (SSSR count). The number of phenolic OH excluding ortho intramolecular Hbond substituents is 1. The molecule has 1 aromatic heterocycles. The topological polar surface area (TPSA) is 81.7 Å². The molecule has 7 heteroatoms. The lowest BCUT2D eigenvalue weighted by Gasteiger charge is -2.35. The maximum absolute atomic E-state index is 12.7. The Morgan fingerprint density at radius 2 is 2.17 bits per heavy atom. The van der Waals surface area contributed by atoms with E-state index in [4.69, 9.17) is 9.72 Å². The van der Waals surface area contributed by atoms with E-state index in [1.807, 2.05) is 19.1 Å². The molecule has 2 aliphatic heterocycles. The number of aromatic amines is 1. The monoisotopic (exact) mass is 398 g/mol. The van der Waals surface area contributed by atoms with E-state index in [2.05, 4.69) is 21.7 Å². The molecular formula is C22H30N4O3. The Labute approximate surface area is 171 Å². The summed E-state index contributed by atoms with van der Waals surface area (Å²) < 4.78 is 5.50. The number of hydrogen-bond donors (Lipinski definition) is 2. The summed E-state index contributed by atoms with van der Waals surface area (Å²) in [5.74, 6) is 1.39. The van der Waals surface area contributed by atoms with Gasteiger partial charge >= 0.3 is 0 Å². The number of fused-ring (bicyclic) bond motifs is 1. The first-order valence-corrected chi connectivity index (χ1v) is 10.6. The number of rotatable bonds is 5. The third kappa shape index (κ3) is 4.24. The number of phenols is 1. The summed E-state index contributed by atoms with van der Waals surface area (Å²) in [6, 6.07) is 5.88. The van der Waals surface area contributed by atoms with Crippen LogP contribution < -0.4 is 15.2 Å². The highest BCUT2D eigenvalue weighted by atomic mass is 16.5. The molecule has 0 aliphatic carbocycles. The van der Waals surface area contributed by atoms with Crippen LogP contribution in [0.15, 0.2) is 23.0 Å². The number of nitrogens with one attached hydrogen (secondary N) is 1. The third-order valence-electron chi connectivity index (χ3n) is 5.95. The Kier molecular flexibility index (Phi) is 5.76. The summed E-state index contributed by atoms with van der Waals surface area (Å²) in [5.41, 5.74) is 2.78. The number of piperidine rings is 1. The predicted molar refractivity (Wildman–Crippen MR) is 113 cm³/mol. The number of benzene rings is 1. The van der Waals surface area contributed by atoms with Crippen molar-refractivity contribution in [3.63, 3.8) is 0 Å². The molecule has 0 amide bonds. The lowest BCUT2D eigenvalue weighted by molar-refractivity contribution is 0.239. The van der Waals surface area contributed by atoms with Crippen LogP contribution >= 0.6 is 0 Å². The van der Waals surface area contributed by atoms with Crippen LogP contribution in [0.5, 0.6) is 11.5 Å². The van der Waals surface area contributed by atoms with Gasteiger partial charge in [0.25, 0.3) is 5.56 Å². The molecule has 1 fully saturated rings. The molecule has 2 aromatic rings. The number of hydrogen-bond acceptors (Lipinski definition) is 6. The SMILES string of the molecule is CCOc1cc(CN2CCc3c(nc(N4CCCC[C@H]4C)[nH]c3=O)C2)ccc1O. The first-order valence-electron chi connectivity index (χ1n) is 10.6. The fourth-order valence-corrected chi connectivity index (χ4v) is 4.35. The minimum Gasteiger partial charge on any atom is -0.504 e. The molecule has 3 heterocycles. The first-order chi connectivity index (χ1) is 14.0. The standard InChI is InChI=1S/C22H30N4O3/c1-3-29-20-12-16(7-8-19(20)27)13-25-11-9-17-18(14-25)23-22(24-21(17)28)26-10-5-4-6-15(26)2/h7-8,12,15,27H,3-6,9-11,13-14H2,1-2H3,(H,23,24,28)/t15-/m1/s1. The van der Waals surface area contributed by atoms with E-state index >= 15 is 0 Å². The van der Waals surface area contributed by atoms with Crippen molar-refractivity contribution < 1.29 is 9.84 Å². The molecule has 1 aromatic carbocycles. The lowest BCUT2D eigenvalue weighted by atomic mass is 10.0. The van der Waals surface area contributed by atoms with Gasteiger partial charge in [-0.2, -0.15) is 0 Å². The van der Waals surface area contributed by atoms with Crippen LogP contribution in [-0.2, 0) is 19.5 Å². The van der Waals surface area contributed by atoms with E-state index in [1.165, 1.54) is 6.42 Å². The lowest BCUT2D eigenvalue weighted by Crippen LogP contribution is -2.41. The number of H-pyrrole nitrogens is 1. The highest BCUT2D eigenvalue weighted by Crippen LogP contribution is 2.28. The van der Waals surface area contributed by atoms with Crippen molar-refractivity contribution in [2.45, 2.75) is 58.7 Å². The molecule has 7 nitrogen and oxygen atoms in total. The van der Waals surface area contributed by atoms with Crippen LogP contribution in [0.2, 0.25) is 0 Å². The summed E-state index contributed by atoms with van der Waals surface area (Å²) in [4.78, 5) is 25.1. The van der Waals surface area contributed by atoms with Crippen LogP contribution in [0.4, 0.5) is 5.95 Å². The van der Waals surface area contributed by atoms with Crippen molar-refractivity contribution in [3.8, 4) is 11.5 Å². The summed E-state index contributed by atoms with van der Waals surface area (Å²) in [5, 5.41) is 9.92. The molecule has 0 unspecified atom stereocenters. The molecule has 2 aliphatic rings. The smallest absolute Gasteiger partial charge is 0.255 e. The zero-order valence-electron chi connectivity index (χ0n) is 17.3. The van der Waals surface area contributed by atoms with E-state index in [-0.39, 0.29) is 11.3 Å². The van der Waals surface area contributed by atoms with E-state index in [1.54, 1.807) is 6.07 Å². The zero-order valence-corrected chi connectivity index (χ0v) is 17.3. The Morgan fingerprint density at radius 1 is 1.31 bits per heavy atom. The average molecular weight is 399 g/mol. The molecule has 0 saturated carbocycles. The minimum absolute atomic E-state index is 0.00527. The van der Waals surface area contributed by atoms with E-state index in [9.17, 15) is 9.90 Å². The van der Waals surface area contributed by atoms with Crippen molar-refractivity contribution in [2.24, 2.45) is 0 Å². The van der Waals surface area contributed by atoms with Crippen molar-refractivity contribution in [3.05, 3.63) is 45.4 Å². The Morgan fingerprint density at radius 3 is 2.97 bits per heavy atom. The highest BCUT2D eigenvalue weighted by molar-refractivity contribution is 5.42.